The molecule has 0 spiro atoms. The van der Waals surface area contributed by atoms with Crippen LogP contribution in [0, 0.1) is 0 Å². The van der Waals surface area contributed by atoms with Crippen LogP contribution in [0.4, 0.5) is 0 Å². The van der Waals surface area contributed by atoms with Crippen molar-refractivity contribution >= 4 is 23.3 Å². The molecule has 3 aromatic rings. The number of benzene rings is 1. The average Bonchev–Trinajstić information content (AvgIpc) is 3.09. The normalized spacial score (nSPS) is 11.5. The number of rotatable bonds is 9. The zero-order valence-electron chi connectivity index (χ0n) is 18.5. The fraction of sp³-hybridized carbons (Fsp3) is 0.409. The smallest absolute Gasteiger partial charge is 0.332 e. The van der Waals surface area contributed by atoms with Crippen molar-refractivity contribution in [3.63, 3.8) is 0 Å². The molecular weight excluding hydrogens is 400 g/mol. The number of aromatic nitrogens is 4. The maximum absolute atomic E-state index is 12.8. The van der Waals surface area contributed by atoms with E-state index in [9.17, 15) is 9.59 Å². The summed E-state index contributed by atoms with van der Waals surface area (Å²) in [5.41, 5.74) is 0.993. The molecule has 0 aliphatic carbocycles. The summed E-state index contributed by atoms with van der Waals surface area (Å²) in [6, 6.07) is 5.58. The first-order valence-electron chi connectivity index (χ1n) is 10.1. The summed E-state index contributed by atoms with van der Waals surface area (Å²) in [4.78, 5) is 30.0. The van der Waals surface area contributed by atoms with Crippen LogP contribution in [0.1, 0.15) is 25.2 Å². The fourth-order valence-electron chi connectivity index (χ4n) is 3.41. The Hall–Kier alpha value is -3.33. The molecule has 0 saturated heterocycles. The van der Waals surface area contributed by atoms with Crippen molar-refractivity contribution in [2.45, 2.75) is 26.9 Å². The first-order chi connectivity index (χ1) is 15.0. The molecule has 166 valence electrons. The van der Waals surface area contributed by atoms with E-state index in [4.69, 9.17) is 14.2 Å². The Balaban J connectivity index is 2.03. The molecule has 0 atom stereocenters. The van der Waals surface area contributed by atoms with Gasteiger partial charge in [-0.25, -0.2) is 9.78 Å². The molecule has 9 nitrogen and oxygen atoms in total. The predicted molar refractivity (Wildman–Crippen MR) is 120 cm³/mol. The highest BCUT2D eigenvalue weighted by Gasteiger charge is 2.17. The van der Waals surface area contributed by atoms with E-state index in [0.717, 1.165) is 5.56 Å². The van der Waals surface area contributed by atoms with Gasteiger partial charge in [0.1, 0.15) is 12.4 Å². The standard InChI is InChI=1S/C22H28N4O5/c1-6-25-20-19(21(27)26(7-2)22(25)28)24(3)18(23-20)11-9-15-8-10-16(30-5)17(14-15)31-13-12-29-4/h8-11,14H,6-7,12-13H2,1-5H3/b11-9+. The third-order valence-corrected chi connectivity index (χ3v) is 5.07. The van der Waals surface area contributed by atoms with Crippen molar-refractivity contribution in [3.05, 3.63) is 50.4 Å². The molecule has 0 N–H and O–H groups in total. The molecule has 0 aliphatic heterocycles. The summed E-state index contributed by atoms with van der Waals surface area (Å²) < 4.78 is 20.6. The molecule has 1 aromatic carbocycles. The number of aryl methyl sites for hydroxylation is 2. The van der Waals surface area contributed by atoms with Crippen LogP contribution in [0.25, 0.3) is 23.3 Å². The second-order valence-corrected chi connectivity index (χ2v) is 6.86. The lowest BCUT2D eigenvalue weighted by molar-refractivity contribution is 0.144. The van der Waals surface area contributed by atoms with Crippen molar-refractivity contribution in [3.8, 4) is 11.5 Å². The SMILES string of the molecule is CCn1c(=O)c2c(nc(/C=C/c3ccc(OC)c(OCCOC)c3)n2C)n(CC)c1=O. The van der Waals surface area contributed by atoms with Gasteiger partial charge in [0.2, 0.25) is 0 Å². The predicted octanol–water partition coefficient (Wildman–Crippen LogP) is 2.14. The van der Waals surface area contributed by atoms with Crippen LogP contribution in [-0.4, -0.2) is 46.1 Å². The number of imidazole rings is 1. The molecule has 0 fully saturated rings. The number of hydrogen-bond donors (Lipinski definition) is 0. The van der Waals surface area contributed by atoms with Crippen molar-refractivity contribution in [1.29, 1.82) is 0 Å². The Bertz CT molecular complexity index is 1220. The maximum Gasteiger partial charge on any atom is 0.332 e. The molecule has 2 heterocycles. The Morgan fingerprint density at radius 3 is 2.39 bits per heavy atom. The van der Waals surface area contributed by atoms with Crippen molar-refractivity contribution in [2.75, 3.05) is 27.4 Å². The second kappa shape index (κ2) is 9.65. The number of fused-ring (bicyclic) bond motifs is 1. The molecule has 3 rings (SSSR count). The molecular formula is C22H28N4O5. The lowest BCUT2D eigenvalue weighted by Crippen LogP contribution is -2.39. The van der Waals surface area contributed by atoms with Gasteiger partial charge in [-0.3, -0.25) is 13.9 Å². The molecule has 0 aliphatic rings. The summed E-state index contributed by atoms with van der Waals surface area (Å²) in [6.45, 7) is 5.25. The van der Waals surface area contributed by atoms with Crippen LogP contribution in [0.2, 0.25) is 0 Å². The zero-order valence-corrected chi connectivity index (χ0v) is 18.5. The second-order valence-electron chi connectivity index (χ2n) is 6.86. The van der Waals surface area contributed by atoms with E-state index < -0.39 is 0 Å². The molecule has 0 unspecified atom stereocenters. The Morgan fingerprint density at radius 1 is 1.00 bits per heavy atom. The van der Waals surface area contributed by atoms with Gasteiger partial charge in [-0.2, -0.15) is 0 Å². The van der Waals surface area contributed by atoms with Gasteiger partial charge in [0.05, 0.1) is 13.7 Å². The molecule has 0 bridgehead atoms. The first kappa shape index (κ1) is 22.4. The minimum Gasteiger partial charge on any atom is -0.493 e. The van der Waals surface area contributed by atoms with Gasteiger partial charge in [0, 0.05) is 27.2 Å². The molecule has 2 aromatic heterocycles. The van der Waals surface area contributed by atoms with E-state index in [0.29, 0.717) is 54.8 Å². The molecule has 0 radical (unpaired) electrons. The number of nitrogens with zero attached hydrogens (tertiary/aromatic N) is 4. The van der Waals surface area contributed by atoms with Crippen LogP contribution in [0.5, 0.6) is 11.5 Å². The van der Waals surface area contributed by atoms with E-state index in [1.807, 2.05) is 31.2 Å². The van der Waals surface area contributed by atoms with Gasteiger partial charge in [0.15, 0.2) is 22.7 Å². The minimum absolute atomic E-state index is 0.307. The van der Waals surface area contributed by atoms with Crippen LogP contribution >= 0.6 is 0 Å². The van der Waals surface area contributed by atoms with E-state index in [2.05, 4.69) is 4.98 Å². The Kier molecular flexibility index (Phi) is 6.96. The van der Waals surface area contributed by atoms with E-state index in [-0.39, 0.29) is 11.2 Å². The Morgan fingerprint density at radius 2 is 1.74 bits per heavy atom. The Labute approximate surface area is 180 Å². The summed E-state index contributed by atoms with van der Waals surface area (Å²) in [7, 11) is 4.97. The van der Waals surface area contributed by atoms with Gasteiger partial charge in [-0.15, -0.1) is 0 Å². The number of ether oxygens (including phenoxy) is 3. The highest BCUT2D eigenvalue weighted by molar-refractivity contribution is 5.77. The number of methoxy groups -OCH3 is 2. The highest BCUT2D eigenvalue weighted by atomic mass is 16.5. The zero-order chi connectivity index (χ0) is 22.5. The van der Waals surface area contributed by atoms with Crippen LogP contribution in [-0.2, 0) is 24.9 Å². The largest absolute Gasteiger partial charge is 0.493 e. The first-order valence-corrected chi connectivity index (χ1v) is 10.1. The monoisotopic (exact) mass is 428 g/mol. The van der Waals surface area contributed by atoms with E-state index in [1.54, 1.807) is 38.8 Å². The van der Waals surface area contributed by atoms with Gasteiger partial charge >= 0.3 is 5.69 Å². The van der Waals surface area contributed by atoms with Gasteiger partial charge < -0.3 is 18.8 Å². The maximum atomic E-state index is 12.8. The fourth-order valence-corrected chi connectivity index (χ4v) is 3.41. The average molecular weight is 428 g/mol. The lowest BCUT2D eigenvalue weighted by Gasteiger charge is -2.11. The lowest BCUT2D eigenvalue weighted by atomic mass is 10.2. The molecule has 0 saturated carbocycles. The summed E-state index contributed by atoms with van der Waals surface area (Å²) >= 11 is 0. The van der Waals surface area contributed by atoms with Gasteiger partial charge in [-0.05, 0) is 37.6 Å². The van der Waals surface area contributed by atoms with Crippen molar-refractivity contribution in [1.82, 2.24) is 18.7 Å². The third kappa shape index (κ3) is 4.27. The van der Waals surface area contributed by atoms with E-state index in [1.165, 1.54) is 9.13 Å². The van der Waals surface area contributed by atoms with Crippen molar-refractivity contribution in [2.24, 2.45) is 7.05 Å². The third-order valence-electron chi connectivity index (χ3n) is 5.07. The van der Waals surface area contributed by atoms with Crippen molar-refractivity contribution < 1.29 is 14.2 Å². The molecule has 31 heavy (non-hydrogen) atoms. The van der Waals surface area contributed by atoms with E-state index >= 15 is 0 Å². The van der Waals surface area contributed by atoms with Crippen LogP contribution in [0.15, 0.2) is 27.8 Å². The minimum atomic E-state index is -0.343. The summed E-state index contributed by atoms with van der Waals surface area (Å²) in [5.74, 6) is 1.81. The quantitative estimate of drug-likeness (QED) is 0.485. The molecule has 0 amide bonds. The van der Waals surface area contributed by atoms with Gasteiger partial charge in [-0.1, -0.05) is 12.1 Å². The summed E-state index contributed by atoms with van der Waals surface area (Å²) in [6.07, 6.45) is 3.68. The summed E-state index contributed by atoms with van der Waals surface area (Å²) in [5, 5.41) is 0. The van der Waals surface area contributed by atoms with Crippen LogP contribution in [0.3, 0.4) is 0 Å². The molecule has 9 heteroatoms. The number of hydrogen-bond acceptors (Lipinski definition) is 6. The highest BCUT2D eigenvalue weighted by Crippen LogP contribution is 2.29. The topological polar surface area (TPSA) is 89.5 Å². The van der Waals surface area contributed by atoms with Crippen LogP contribution < -0.4 is 20.7 Å². The van der Waals surface area contributed by atoms with Gasteiger partial charge in [0.25, 0.3) is 5.56 Å².